The molecule has 0 unspecified atom stereocenters. The van der Waals surface area contributed by atoms with E-state index in [4.69, 9.17) is 14.2 Å². The Labute approximate surface area is 177 Å². The van der Waals surface area contributed by atoms with E-state index in [-0.39, 0.29) is 6.01 Å². The number of H-pyrrole nitrogens is 1. The molecule has 0 atom stereocenters. The van der Waals surface area contributed by atoms with Crippen LogP contribution in [0.25, 0.3) is 22.5 Å². The Bertz CT molecular complexity index is 1270. The number of nitrogens with one attached hydrogen (secondary N) is 1. The highest BCUT2D eigenvalue weighted by molar-refractivity contribution is 5.71. The van der Waals surface area contributed by atoms with Gasteiger partial charge in [-0.1, -0.05) is 24.9 Å². The van der Waals surface area contributed by atoms with Crippen molar-refractivity contribution in [2.45, 2.75) is 51.5 Å². The molecular weight excluding hydrogens is 401 g/mol. The summed E-state index contributed by atoms with van der Waals surface area (Å²) >= 11 is 0. The van der Waals surface area contributed by atoms with Crippen molar-refractivity contribution >= 4 is 11.2 Å². The van der Waals surface area contributed by atoms with Gasteiger partial charge in [-0.05, 0) is 37.5 Å². The molecule has 9 heteroatoms. The Kier molecular flexibility index (Phi) is 5.01. The van der Waals surface area contributed by atoms with E-state index in [2.05, 4.69) is 15.1 Å². The van der Waals surface area contributed by atoms with Crippen LogP contribution < -0.4 is 10.3 Å². The Morgan fingerprint density at radius 1 is 1.26 bits per heavy atom. The molecule has 31 heavy (non-hydrogen) atoms. The minimum atomic E-state index is -0.443. The topological polar surface area (TPSA) is 98.8 Å². The van der Waals surface area contributed by atoms with Crippen LogP contribution in [0.4, 0.5) is 4.39 Å². The van der Waals surface area contributed by atoms with E-state index in [1.54, 1.807) is 10.6 Å². The van der Waals surface area contributed by atoms with Crippen LogP contribution in [0.1, 0.15) is 50.8 Å². The third kappa shape index (κ3) is 3.60. The third-order valence-electron chi connectivity index (χ3n) is 5.64. The van der Waals surface area contributed by atoms with E-state index in [0.29, 0.717) is 40.7 Å². The number of aromatic nitrogens is 5. The fraction of sp³-hybridized carbons (Fsp3) is 0.364. The monoisotopic (exact) mass is 423 g/mol. The largest absolute Gasteiger partial charge is 0.425 e. The van der Waals surface area contributed by atoms with Gasteiger partial charge in [0.2, 0.25) is 0 Å². The molecule has 1 aliphatic rings. The second-order valence-electron chi connectivity index (χ2n) is 7.77. The maximum Gasteiger partial charge on any atom is 0.307 e. The molecule has 0 saturated heterocycles. The van der Waals surface area contributed by atoms with Crippen molar-refractivity contribution in [3.8, 4) is 23.1 Å². The van der Waals surface area contributed by atoms with Crippen molar-refractivity contribution < 1.29 is 13.7 Å². The van der Waals surface area contributed by atoms with Crippen molar-refractivity contribution in [3.05, 3.63) is 52.5 Å². The lowest BCUT2D eigenvalue weighted by Gasteiger charge is -2.14. The maximum atomic E-state index is 13.9. The summed E-state index contributed by atoms with van der Waals surface area (Å²) in [6, 6.07) is 5.77. The zero-order chi connectivity index (χ0) is 21.4. The fourth-order valence-corrected chi connectivity index (χ4v) is 4.15. The first-order valence-corrected chi connectivity index (χ1v) is 10.5. The lowest BCUT2D eigenvalue weighted by molar-refractivity contribution is 0.398. The molecule has 3 heterocycles. The minimum absolute atomic E-state index is 0.108. The van der Waals surface area contributed by atoms with Gasteiger partial charge < -0.3 is 14.2 Å². The predicted octanol–water partition coefficient (Wildman–Crippen LogP) is 4.77. The van der Waals surface area contributed by atoms with Gasteiger partial charge in [0.15, 0.2) is 16.9 Å². The van der Waals surface area contributed by atoms with E-state index in [9.17, 15) is 9.18 Å². The fourth-order valence-electron chi connectivity index (χ4n) is 4.15. The number of halogens is 1. The number of hydrogen-bond donors (Lipinski definition) is 1. The number of aromatic amines is 1. The van der Waals surface area contributed by atoms with Crippen LogP contribution in [0.15, 0.2) is 39.8 Å². The molecule has 0 aliphatic heterocycles. The number of rotatable bonds is 6. The van der Waals surface area contributed by atoms with Crippen LogP contribution in [0.5, 0.6) is 11.8 Å². The maximum absolute atomic E-state index is 13.9. The number of imidazole rings is 1. The molecule has 8 nitrogen and oxygen atoms in total. The summed E-state index contributed by atoms with van der Waals surface area (Å²) in [6.07, 6.45) is 6.73. The second-order valence-corrected chi connectivity index (χ2v) is 7.77. The summed E-state index contributed by atoms with van der Waals surface area (Å²) in [6.45, 7) is 2.59. The molecule has 1 aromatic carbocycles. The number of fused-ring (bicyclic) bond motifs is 1. The van der Waals surface area contributed by atoms with E-state index >= 15 is 0 Å². The molecule has 0 radical (unpaired) electrons. The van der Waals surface area contributed by atoms with Crippen molar-refractivity contribution in [1.29, 1.82) is 0 Å². The molecule has 1 saturated carbocycles. The quantitative estimate of drug-likeness (QED) is 0.479. The zero-order valence-electron chi connectivity index (χ0n) is 17.1. The summed E-state index contributed by atoms with van der Waals surface area (Å²) in [5.41, 5.74) is 0.861. The first-order chi connectivity index (χ1) is 15.1. The van der Waals surface area contributed by atoms with Crippen molar-refractivity contribution in [3.63, 3.8) is 0 Å². The molecule has 4 aromatic rings. The number of aryl methyl sites for hydroxylation is 1. The number of benzene rings is 1. The minimum Gasteiger partial charge on any atom is -0.425 e. The van der Waals surface area contributed by atoms with Gasteiger partial charge in [0, 0.05) is 18.5 Å². The highest BCUT2D eigenvalue weighted by atomic mass is 19.1. The molecule has 1 N–H and O–H groups in total. The summed E-state index contributed by atoms with van der Waals surface area (Å²) in [5.74, 6) is 1.38. The number of nitrogens with zero attached hydrogens (tertiary/aromatic N) is 4. The molecule has 160 valence electrons. The Hall–Kier alpha value is -3.49. The standard InChI is InChI=1S/C22H22FN5O3/c1-2-11-28-20-18(25-19(26-20)13-5-3-4-6-13)21(29)27-22(28)30-16-8-7-14(23)12-15(16)17-9-10-24-31-17/h7-10,12-13H,2-6,11H2,1H3,(H,25,26). The van der Waals surface area contributed by atoms with Gasteiger partial charge in [-0.25, -0.2) is 9.37 Å². The van der Waals surface area contributed by atoms with Crippen LogP contribution in [0.3, 0.4) is 0 Å². The average molecular weight is 423 g/mol. The molecule has 0 amide bonds. The molecule has 1 fully saturated rings. The first kappa shape index (κ1) is 19.5. The van der Waals surface area contributed by atoms with Crippen molar-refractivity contribution in [2.75, 3.05) is 0 Å². The van der Waals surface area contributed by atoms with Gasteiger partial charge in [0.1, 0.15) is 17.4 Å². The molecular formula is C22H22FN5O3. The average Bonchev–Trinajstić information content (AvgIpc) is 3.53. The lowest BCUT2D eigenvalue weighted by Crippen LogP contribution is -2.16. The highest BCUT2D eigenvalue weighted by Gasteiger charge is 2.24. The third-order valence-corrected chi connectivity index (χ3v) is 5.64. The van der Waals surface area contributed by atoms with E-state index in [1.165, 1.54) is 37.2 Å². The van der Waals surface area contributed by atoms with Gasteiger partial charge >= 0.3 is 11.6 Å². The Balaban J connectivity index is 1.62. The van der Waals surface area contributed by atoms with Crippen molar-refractivity contribution in [1.82, 2.24) is 24.7 Å². The van der Waals surface area contributed by atoms with Crippen LogP contribution in [-0.4, -0.2) is 24.7 Å². The van der Waals surface area contributed by atoms with E-state index in [0.717, 1.165) is 25.1 Å². The van der Waals surface area contributed by atoms with Gasteiger partial charge in [-0.3, -0.25) is 9.36 Å². The van der Waals surface area contributed by atoms with E-state index < -0.39 is 11.4 Å². The van der Waals surface area contributed by atoms with Crippen LogP contribution in [0.2, 0.25) is 0 Å². The molecule has 1 aliphatic carbocycles. The first-order valence-electron chi connectivity index (χ1n) is 10.5. The van der Waals surface area contributed by atoms with Gasteiger partial charge in [0.25, 0.3) is 0 Å². The van der Waals surface area contributed by atoms with E-state index in [1.807, 2.05) is 6.92 Å². The molecule has 0 bridgehead atoms. The molecule has 5 rings (SSSR count). The normalized spacial score (nSPS) is 14.5. The summed E-state index contributed by atoms with van der Waals surface area (Å²) in [7, 11) is 0. The van der Waals surface area contributed by atoms with Crippen molar-refractivity contribution in [2.24, 2.45) is 0 Å². The highest BCUT2D eigenvalue weighted by Crippen LogP contribution is 2.35. The van der Waals surface area contributed by atoms with Crippen LogP contribution >= 0.6 is 0 Å². The Morgan fingerprint density at radius 3 is 2.84 bits per heavy atom. The smallest absolute Gasteiger partial charge is 0.307 e. The number of hydrogen-bond acceptors (Lipinski definition) is 6. The SMILES string of the molecule is CCCn1c(Oc2ccc(F)cc2-c2ccno2)nc(=O)c2[nH]c(C3CCCC3)nc21. The van der Waals surface area contributed by atoms with Gasteiger partial charge in [0.05, 0.1) is 11.8 Å². The van der Waals surface area contributed by atoms with Crippen LogP contribution in [-0.2, 0) is 6.54 Å². The summed E-state index contributed by atoms with van der Waals surface area (Å²) in [5, 5.41) is 3.68. The molecule has 0 spiro atoms. The van der Waals surface area contributed by atoms with Crippen LogP contribution in [0, 0.1) is 5.82 Å². The summed E-state index contributed by atoms with van der Waals surface area (Å²) in [4.78, 5) is 24.9. The van der Waals surface area contributed by atoms with Gasteiger partial charge in [-0.2, -0.15) is 4.98 Å². The summed E-state index contributed by atoms with van der Waals surface area (Å²) < 4.78 is 26.9. The Morgan fingerprint density at radius 2 is 2.10 bits per heavy atom. The number of ether oxygens (including phenoxy) is 1. The zero-order valence-corrected chi connectivity index (χ0v) is 17.1. The lowest BCUT2D eigenvalue weighted by atomic mass is 10.1. The van der Waals surface area contributed by atoms with Gasteiger partial charge in [-0.15, -0.1) is 0 Å². The second kappa shape index (κ2) is 7.98. The predicted molar refractivity (Wildman–Crippen MR) is 112 cm³/mol. The molecule has 3 aromatic heterocycles.